The molecule has 2 aromatic rings. The van der Waals surface area contributed by atoms with Crippen LogP contribution in [0.1, 0.15) is 16.8 Å². The Balaban J connectivity index is 1.45. The van der Waals surface area contributed by atoms with Crippen molar-refractivity contribution < 1.29 is 4.79 Å². The summed E-state index contributed by atoms with van der Waals surface area (Å²) in [5.74, 6) is 2.12. The zero-order valence-electron chi connectivity index (χ0n) is 12.9. The molecule has 23 heavy (non-hydrogen) atoms. The third kappa shape index (κ3) is 2.76. The number of fused-ring (bicyclic) bond motifs is 1. The van der Waals surface area contributed by atoms with Crippen molar-refractivity contribution in [3.05, 3.63) is 48.7 Å². The Kier molecular flexibility index (Phi) is 3.65. The average molecular weight is 309 g/mol. The molecule has 1 amide bonds. The number of piperidine rings is 1. The molecule has 6 nitrogen and oxygen atoms in total. The molecule has 2 aliphatic heterocycles. The van der Waals surface area contributed by atoms with Gasteiger partial charge < -0.3 is 9.80 Å². The number of aromatic nitrogens is 3. The fraction of sp³-hybridized carbons (Fsp3) is 0.412. The Bertz CT molecular complexity index is 678. The van der Waals surface area contributed by atoms with Crippen LogP contribution < -0.4 is 4.90 Å². The fourth-order valence-corrected chi connectivity index (χ4v) is 3.67. The SMILES string of the molecule is O=C(c1cccnc1)N1C[C@H]2CCN(c3cnccn3)C[C@H]2C1. The lowest BCUT2D eigenvalue weighted by Gasteiger charge is -2.34. The Morgan fingerprint density at radius 2 is 1.91 bits per heavy atom. The van der Waals surface area contributed by atoms with Crippen LogP contribution in [-0.4, -0.2) is 51.9 Å². The Morgan fingerprint density at radius 1 is 1.04 bits per heavy atom. The second-order valence-corrected chi connectivity index (χ2v) is 6.27. The van der Waals surface area contributed by atoms with Gasteiger partial charge in [0.1, 0.15) is 5.82 Å². The molecule has 4 rings (SSSR count). The molecule has 0 N–H and O–H groups in total. The van der Waals surface area contributed by atoms with Crippen LogP contribution in [0.15, 0.2) is 43.1 Å². The van der Waals surface area contributed by atoms with Crippen molar-refractivity contribution >= 4 is 11.7 Å². The molecule has 2 saturated heterocycles. The first-order valence-electron chi connectivity index (χ1n) is 8.01. The summed E-state index contributed by atoms with van der Waals surface area (Å²) in [6, 6.07) is 3.65. The second-order valence-electron chi connectivity index (χ2n) is 6.27. The lowest BCUT2D eigenvalue weighted by Crippen LogP contribution is -2.40. The van der Waals surface area contributed by atoms with Crippen LogP contribution in [0.5, 0.6) is 0 Å². The van der Waals surface area contributed by atoms with Gasteiger partial charge in [-0.2, -0.15) is 0 Å². The van der Waals surface area contributed by atoms with Crippen molar-refractivity contribution in [2.75, 3.05) is 31.1 Å². The molecule has 4 heterocycles. The normalized spacial score (nSPS) is 23.7. The van der Waals surface area contributed by atoms with E-state index < -0.39 is 0 Å². The van der Waals surface area contributed by atoms with Crippen molar-refractivity contribution in [2.24, 2.45) is 11.8 Å². The van der Waals surface area contributed by atoms with Gasteiger partial charge in [-0.25, -0.2) is 4.98 Å². The zero-order chi connectivity index (χ0) is 15.6. The highest BCUT2D eigenvalue weighted by Crippen LogP contribution is 2.33. The summed E-state index contributed by atoms with van der Waals surface area (Å²) in [6.07, 6.45) is 9.68. The minimum Gasteiger partial charge on any atom is -0.355 e. The zero-order valence-corrected chi connectivity index (χ0v) is 12.9. The van der Waals surface area contributed by atoms with E-state index in [1.807, 2.05) is 23.2 Å². The maximum Gasteiger partial charge on any atom is 0.255 e. The molecule has 0 aromatic carbocycles. The van der Waals surface area contributed by atoms with E-state index in [0.29, 0.717) is 17.4 Å². The molecule has 0 radical (unpaired) electrons. The standard InChI is InChI=1S/C17H19N5O/c23-17(13-2-1-4-18-8-13)22-10-14-3-7-21(11-15(14)12-22)16-9-19-5-6-20-16/h1-2,4-6,8-9,14-15H,3,7,10-12H2/t14-,15+/m1/s1. The molecule has 2 aliphatic rings. The number of pyridine rings is 1. The smallest absolute Gasteiger partial charge is 0.255 e. The van der Waals surface area contributed by atoms with Crippen LogP contribution in [-0.2, 0) is 0 Å². The largest absolute Gasteiger partial charge is 0.355 e. The number of hydrogen-bond donors (Lipinski definition) is 0. The van der Waals surface area contributed by atoms with E-state index in [0.717, 1.165) is 38.4 Å². The monoisotopic (exact) mass is 309 g/mol. The van der Waals surface area contributed by atoms with Crippen molar-refractivity contribution in [2.45, 2.75) is 6.42 Å². The molecule has 2 atom stereocenters. The summed E-state index contributed by atoms with van der Waals surface area (Å²) in [5, 5.41) is 0. The van der Waals surface area contributed by atoms with Crippen LogP contribution in [0, 0.1) is 11.8 Å². The fourth-order valence-electron chi connectivity index (χ4n) is 3.67. The predicted molar refractivity (Wildman–Crippen MR) is 86.0 cm³/mol. The van der Waals surface area contributed by atoms with Gasteiger partial charge in [-0.15, -0.1) is 0 Å². The quantitative estimate of drug-likeness (QED) is 0.840. The first-order valence-corrected chi connectivity index (χ1v) is 8.01. The van der Waals surface area contributed by atoms with Gasteiger partial charge >= 0.3 is 0 Å². The summed E-state index contributed by atoms with van der Waals surface area (Å²) >= 11 is 0. The number of likely N-dealkylation sites (tertiary alicyclic amines) is 1. The minimum atomic E-state index is 0.0959. The lowest BCUT2D eigenvalue weighted by atomic mass is 9.89. The molecule has 2 fully saturated rings. The van der Waals surface area contributed by atoms with Crippen LogP contribution in [0.4, 0.5) is 5.82 Å². The van der Waals surface area contributed by atoms with Gasteiger partial charge in [-0.3, -0.25) is 14.8 Å². The van der Waals surface area contributed by atoms with Crippen molar-refractivity contribution in [3.8, 4) is 0 Å². The summed E-state index contributed by atoms with van der Waals surface area (Å²) in [7, 11) is 0. The first-order chi connectivity index (χ1) is 11.3. The topological polar surface area (TPSA) is 62.2 Å². The third-order valence-corrected chi connectivity index (χ3v) is 4.87. The number of hydrogen-bond acceptors (Lipinski definition) is 5. The summed E-state index contributed by atoms with van der Waals surface area (Å²) < 4.78 is 0. The number of carbonyl (C=O) groups excluding carboxylic acids is 1. The summed E-state index contributed by atoms with van der Waals surface area (Å²) in [5.41, 5.74) is 0.678. The van der Waals surface area contributed by atoms with E-state index in [1.165, 1.54) is 0 Å². The van der Waals surface area contributed by atoms with Gasteiger partial charge in [-0.1, -0.05) is 0 Å². The van der Waals surface area contributed by atoms with Crippen molar-refractivity contribution in [1.82, 2.24) is 19.9 Å². The van der Waals surface area contributed by atoms with Gasteiger partial charge in [0.15, 0.2) is 0 Å². The van der Waals surface area contributed by atoms with E-state index in [2.05, 4.69) is 19.9 Å². The van der Waals surface area contributed by atoms with Crippen molar-refractivity contribution in [1.29, 1.82) is 0 Å². The lowest BCUT2D eigenvalue weighted by molar-refractivity contribution is 0.0784. The molecule has 0 bridgehead atoms. The number of carbonyl (C=O) groups is 1. The second kappa shape index (κ2) is 5.95. The van der Waals surface area contributed by atoms with E-state index in [-0.39, 0.29) is 5.91 Å². The molecular formula is C17H19N5O. The summed E-state index contributed by atoms with van der Waals surface area (Å²) in [4.78, 5) is 29.4. The van der Waals surface area contributed by atoms with Gasteiger partial charge in [0.2, 0.25) is 0 Å². The van der Waals surface area contributed by atoms with Gasteiger partial charge in [0.25, 0.3) is 5.91 Å². The van der Waals surface area contributed by atoms with Crippen LogP contribution >= 0.6 is 0 Å². The maximum atomic E-state index is 12.6. The van der Waals surface area contributed by atoms with Gasteiger partial charge in [-0.05, 0) is 30.4 Å². The molecule has 6 heteroatoms. The number of nitrogens with zero attached hydrogens (tertiary/aromatic N) is 5. The maximum absolute atomic E-state index is 12.6. The van der Waals surface area contributed by atoms with Gasteiger partial charge in [0.05, 0.1) is 11.8 Å². The summed E-state index contributed by atoms with van der Waals surface area (Å²) in [6.45, 7) is 3.59. The number of anilines is 1. The minimum absolute atomic E-state index is 0.0959. The van der Waals surface area contributed by atoms with Crippen LogP contribution in [0.2, 0.25) is 0 Å². The molecule has 118 valence electrons. The molecule has 0 saturated carbocycles. The predicted octanol–water partition coefficient (Wildman–Crippen LogP) is 1.47. The molecule has 0 unspecified atom stereocenters. The van der Waals surface area contributed by atoms with Gasteiger partial charge in [0, 0.05) is 51.0 Å². The van der Waals surface area contributed by atoms with E-state index in [1.54, 1.807) is 24.8 Å². The molecule has 0 spiro atoms. The highest BCUT2D eigenvalue weighted by Gasteiger charge is 2.39. The molecule has 2 aromatic heterocycles. The van der Waals surface area contributed by atoms with Crippen LogP contribution in [0.25, 0.3) is 0 Å². The van der Waals surface area contributed by atoms with E-state index >= 15 is 0 Å². The Hall–Kier alpha value is -2.50. The Morgan fingerprint density at radius 3 is 2.70 bits per heavy atom. The Labute approximate surface area is 135 Å². The van der Waals surface area contributed by atoms with Crippen molar-refractivity contribution in [3.63, 3.8) is 0 Å². The molecular weight excluding hydrogens is 290 g/mol. The number of amides is 1. The third-order valence-electron chi connectivity index (χ3n) is 4.87. The molecule has 0 aliphatic carbocycles. The highest BCUT2D eigenvalue weighted by molar-refractivity contribution is 5.94. The van der Waals surface area contributed by atoms with Crippen LogP contribution in [0.3, 0.4) is 0 Å². The van der Waals surface area contributed by atoms with E-state index in [4.69, 9.17) is 0 Å². The number of rotatable bonds is 2. The highest BCUT2D eigenvalue weighted by atomic mass is 16.2. The van der Waals surface area contributed by atoms with E-state index in [9.17, 15) is 4.79 Å². The average Bonchev–Trinajstić information content (AvgIpc) is 3.06. The first kappa shape index (κ1) is 14.1.